The molecule has 296 valence electrons. The van der Waals surface area contributed by atoms with Crippen LogP contribution in [0.1, 0.15) is 95.2 Å². The molecule has 0 saturated heterocycles. The molecule has 0 aliphatic heterocycles. The molecule has 5 aromatic rings. The molecule has 0 bridgehead atoms. The van der Waals surface area contributed by atoms with Crippen LogP contribution < -0.4 is 14.9 Å². The van der Waals surface area contributed by atoms with E-state index in [2.05, 4.69) is 11.5 Å². The van der Waals surface area contributed by atoms with Gasteiger partial charge in [-0.25, -0.2) is 5.01 Å². The summed E-state index contributed by atoms with van der Waals surface area (Å²) in [6, 6.07) is 36.5. The van der Waals surface area contributed by atoms with Gasteiger partial charge in [-0.3, -0.25) is 19.8 Å². The second-order valence-electron chi connectivity index (χ2n) is 15.0. The van der Waals surface area contributed by atoms with Crippen molar-refractivity contribution >= 4 is 29.4 Å². The molecular weight excluding hydrogens is 738 g/mol. The molecule has 0 fully saturated rings. The topological polar surface area (TPSA) is 118 Å². The predicted octanol–water partition coefficient (Wildman–Crippen LogP) is 10.9. The summed E-state index contributed by atoms with van der Waals surface area (Å²) in [5.74, 6) is 0.324. The number of amides is 2. The van der Waals surface area contributed by atoms with Crippen molar-refractivity contribution in [3.8, 4) is 23.3 Å². The van der Waals surface area contributed by atoms with Gasteiger partial charge in [0.15, 0.2) is 0 Å². The first-order valence-corrected chi connectivity index (χ1v) is 19.0. The summed E-state index contributed by atoms with van der Waals surface area (Å²) < 4.78 is 16.7. The number of halogens is 1. The Balaban J connectivity index is 0.000000254. The quantitative estimate of drug-likeness (QED) is 0.111. The number of hydrazine groups is 1. The van der Waals surface area contributed by atoms with Crippen LogP contribution in [0.4, 0.5) is 0 Å². The Morgan fingerprint density at radius 1 is 0.772 bits per heavy atom. The molecule has 0 saturated carbocycles. The highest BCUT2D eigenvalue weighted by molar-refractivity contribution is 6.30. The Morgan fingerprint density at radius 3 is 1.96 bits per heavy atom. The number of carbonyl (C=O) groups is 3. The van der Waals surface area contributed by atoms with Crippen molar-refractivity contribution in [2.75, 3.05) is 7.11 Å². The second kappa shape index (κ2) is 19.7. The Hall–Kier alpha value is -6.11. The lowest BCUT2D eigenvalue weighted by molar-refractivity contribution is -0.150. The van der Waals surface area contributed by atoms with E-state index in [4.69, 9.17) is 25.8 Å². The lowest BCUT2D eigenvalue weighted by Gasteiger charge is -2.35. The van der Waals surface area contributed by atoms with Gasteiger partial charge in [-0.15, -0.1) is 0 Å². The van der Waals surface area contributed by atoms with Crippen LogP contribution in [0.15, 0.2) is 115 Å². The minimum absolute atomic E-state index is 0.00855. The zero-order valence-corrected chi connectivity index (χ0v) is 34.7. The third-order valence-electron chi connectivity index (χ3n) is 8.95. The SMILES string of the molecule is CC(C)C(C(=O)OC(C#N)c1cccc(Oc2ccccc2)c1)c1ccc(Cl)cc1.COc1cccc(C(=O)NN(C(=O)c2cc(C)cc(C)c2)C(C)(C)C)c1C. The Bertz CT molecular complexity index is 2190. The molecule has 0 spiro atoms. The highest BCUT2D eigenvalue weighted by Gasteiger charge is 2.31. The van der Waals surface area contributed by atoms with Gasteiger partial charge >= 0.3 is 5.97 Å². The molecule has 0 aliphatic carbocycles. The first-order valence-electron chi connectivity index (χ1n) is 18.6. The van der Waals surface area contributed by atoms with Crippen molar-refractivity contribution in [1.82, 2.24) is 10.4 Å². The van der Waals surface area contributed by atoms with Gasteiger partial charge in [0.05, 0.1) is 18.6 Å². The van der Waals surface area contributed by atoms with Gasteiger partial charge in [-0.05, 0) is 114 Å². The van der Waals surface area contributed by atoms with E-state index in [-0.39, 0.29) is 17.7 Å². The minimum Gasteiger partial charge on any atom is -0.496 e. The van der Waals surface area contributed by atoms with Gasteiger partial charge in [0.25, 0.3) is 11.8 Å². The van der Waals surface area contributed by atoms with Crippen LogP contribution in [0.25, 0.3) is 0 Å². The number of esters is 1. The average Bonchev–Trinajstić information content (AvgIpc) is 3.16. The molecule has 2 unspecified atom stereocenters. The van der Waals surface area contributed by atoms with Crippen molar-refractivity contribution in [1.29, 1.82) is 5.26 Å². The van der Waals surface area contributed by atoms with Crippen molar-refractivity contribution in [3.05, 3.63) is 159 Å². The number of hydrogen-bond donors (Lipinski definition) is 1. The van der Waals surface area contributed by atoms with Crippen LogP contribution >= 0.6 is 11.6 Å². The average molecular weight is 788 g/mol. The number of benzene rings is 5. The first-order chi connectivity index (χ1) is 27.0. The highest BCUT2D eigenvalue weighted by atomic mass is 35.5. The summed E-state index contributed by atoms with van der Waals surface area (Å²) in [6.07, 6.45) is -1.04. The molecule has 1 N–H and O–H groups in total. The van der Waals surface area contributed by atoms with Crippen LogP contribution in [0, 0.1) is 38.0 Å². The van der Waals surface area contributed by atoms with E-state index in [0.29, 0.717) is 39.0 Å². The third-order valence-corrected chi connectivity index (χ3v) is 9.20. The molecular formula is C47H50ClN3O6. The number of nitriles is 1. The molecule has 2 atom stereocenters. The van der Waals surface area contributed by atoms with Gasteiger partial charge in [-0.2, -0.15) is 5.26 Å². The number of para-hydroxylation sites is 1. The fourth-order valence-corrected chi connectivity index (χ4v) is 6.31. The van der Waals surface area contributed by atoms with E-state index in [0.717, 1.165) is 22.3 Å². The van der Waals surface area contributed by atoms with E-state index in [1.165, 1.54) is 5.01 Å². The van der Waals surface area contributed by atoms with Gasteiger partial charge in [-0.1, -0.05) is 91.2 Å². The Labute approximate surface area is 341 Å². The van der Waals surface area contributed by atoms with Gasteiger partial charge < -0.3 is 14.2 Å². The molecule has 0 aromatic heterocycles. The van der Waals surface area contributed by atoms with Crippen LogP contribution in [0.3, 0.4) is 0 Å². The fraction of sp³-hybridized carbons (Fsp3) is 0.277. The smallest absolute Gasteiger partial charge is 0.315 e. The largest absolute Gasteiger partial charge is 0.496 e. The fourth-order valence-electron chi connectivity index (χ4n) is 6.18. The van der Waals surface area contributed by atoms with Crippen molar-refractivity contribution in [3.63, 3.8) is 0 Å². The molecule has 5 aromatic carbocycles. The molecule has 2 amide bonds. The summed E-state index contributed by atoms with van der Waals surface area (Å²) >= 11 is 5.96. The van der Waals surface area contributed by atoms with E-state index in [1.807, 2.05) is 116 Å². The van der Waals surface area contributed by atoms with E-state index in [9.17, 15) is 19.6 Å². The minimum atomic E-state index is -1.04. The van der Waals surface area contributed by atoms with Crippen LogP contribution in [-0.4, -0.2) is 35.4 Å². The van der Waals surface area contributed by atoms with E-state index >= 15 is 0 Å². The predicted molar refractivity (Wildman–Crippen MR) is 223 cm³/mol. The summed E-state index contributed by atoms with van der Waals surface area (Å²) in [4.78, 5) is 39.0. The van der Waals surface area contributed by atoms with E-state index < -0.39 is 23.5 Å². The van der Waals surface area contributed by atoms with Crippen LogP contribution in [0.2, 0.25) is 5.02 Å². The van der Waals surface area contributed by atoms with Crippen LogP contribution in [0.5, 0.6) is 17.2 Å². The summed E-state index contributed by atoms with van der Waals surface area (Å²) in [5, 5.41) is 11.6. The number of aryl methyl sites for hydroxylation is 2. The number of ether oxygens (including phenoxy) is 3. The Morgan fingerprint density at radius 2 is 1.39 bits per heavy atom. The molecule has 0 radical (unpaired) electrons. The first kappa shape index (κ1) is 43.6. The monoisotopic (exact) mass is 787 g/mol. The molecule has 0 aliphatic rings. The normalized spacial score (nSPS) is 11.9. The maximum absolute atomic E-state index is 13.2. The zero-order valence-electron chi connectivity index (χ0n) is 33.9. The van der Waals surface area contributed by atoms with Gasteiger partial charge in [0.1, 0.15) is 23.3 Å². The number of nitrogens with zero attached hydrogens (tertiary/aromatic N) is 2. The lowest BCUT2D eigenvalue weighted by atomic mass is 9.88. The molecule has 5 rings (SSSR count). The number of hydrogen-bond acceptors (Lipinski definition) is 7. The molecule has 9 nitrogen and oxygen atoms in total. The summed E-state index contributed by atoms with van der Waals surface area (Å²) in [5.41, 5.74) is 7.30. The second-order valence-corrected chi connectivity index (χ2v) is 15.4. The molecule has 57 heavy (non-hydrogen) atoms. The lowest BCUT2D eigenvalue weighted by Crippen LogP contribution is -2.56. The number of rotatable bonds is 10. The maximum atomic E-state index is 13.2. The zero-order chi connectivity index (χ0) is 41.9. The number of nitrogens with one attached hydrogen (secondary N) is 1. The number of carbonyl (C=O) groups excluding carboxylic acids is 3. The van der Waals surface area contributed by atoms with Crippen LogP contribution in [-0.2, 0) is 9.53 Å². The van der Waals surface area contributed by atoms with Crippen molar-refractivity contribution in [2.24, 2.45) is 5.92 Å². The van der Waals surface area contributed by atoms with Gasteiger partial charge in [0, 0.05) is 27.3 Å². The molecule has 0 heterocycles. The van der Waals surface area contributed by atoms with Gasteiger partial charge in [0.2, 0.25) is 6.10 Å². The molecule has 10 heteroatoms. The van der Waals surface area contributed by atoms with Crippen molar-refractivity contribution < 1.29 is 28.6 Å². The number of methoxy groups -OCH3 is 1. The highest BCUT2D eigenvalue weighted by Crippen LogP contribution is 2.31. The standard InChI is InChI=1S/C25H22ClNO3.C22H28N2O3/c1-17(2)24(18-11-13-20(26)14-12-18)25(28)30-23(16-27)19-7-6-10-22(15-19)29-21-8-4-3-5-9-21;1-14-11-15(2)13-17(12-14)21(26)24(22(4,5)6)23-20(25)18-9-8-10-19(27-7)16(18)3/h3-15,17,23-24H,1-2H3;8-13H,1-7H3,(H,23,25). The summed E-state index contributed by atoms with van der Waals surface area (Å²) in [6.45, 7) is 15.2. The van der Waals surface area contributed by atoms with E-state index in [1.54, 1.807) is 61.7 Å². The summed E-state index contributed by atoms with van der Waals surface area (Å²) in [7, 11) is 1.56. The Kier molecular flexibility index (Phi) is 15.0. The maximum Gasteiger partial charge on any atom is 0.315 e. The third kappa shape index (κ3) is 11.9. The van der Waals surface area contributed by atoms with Crippen molar-refractivity contribution in [2.45, 2.75) is 73.0 Å².